The standard InChI is InChI=1S/C17H24N4O2/c22-17(20-16-8-18-4-5-19-16)14-7-13-10-21(9-12-1-2-12)6-3-15(13)23-11-14/h4-5,8,12-15H,1-3,6-7,9-11H2,(H,19,20,22)/t13-,14-,15+/m0/s1. The third-order valence-electron chi connectivity index (χ3n) is 5.25. The minimum Gasteiger partial charge on any atom is -0.377 e. The largest absolute Gasteiger partial charge is 0.377 e. The average molecular weight is 316 g/mol. The fourth-order valence-electron chi connectivity index (χ4n) is 3.81. The van der Waals surface area contributed by atoms with Crippen molar-refractivity contribution in [2.24, 2.45) is 17.8 Å². The number of anilines is 1. The first-order valence-electron chi connectivity index (χ1n) is 8.69. The van der Waals surface area contributed by atoms with E-state index in [0.29, 0.717) is 24.4 Å². The molecule has 23 heavy (non-hydrogen) atoms. The minimum atomic E-state index is -0.0841. The summed E-state index contributed by atoms with van der Waals surface area (Å²) in [4.78, 5) is 23.1. The van der Waals surface area contributed by atoms with Crippen LogP contribution in [0.1, 0.15) is 25.7 Å². The molecule has 1 saturated carbocycles. The zero-order chi connectivity index (χ0) is 15.6. The van der Waals surface area contributed by atoms with Crippen LogP contribution in [-0.4, -0.2) is 53.1 Å². The van der Waals surface area contributed by atoms with Gasteiger partial charge < -0.3 is 15.0 Å². The molecule has 124 valence electrons. The van der Waals surface area contributed by atoms with Crippen molar-refractivity contribution in [1.82, 2.24) is 14.9 Å². The Balaban J connectivity index is 1.33. The Bertz CT molecular complexity index is 549. The summed E-state index contributed by atoms with van der Waals surface area (Å²) in [6.07, 6.45) is 9.90. The molecule has 6 heteroatoms. The second-order valence-electron chi connectivity index (χ2n) is 7.14. The Morgan fingerprint density at radius 1 is 1.35 bits per heavy atom. The van der Waals surface area contributed by atoms with Gasteiger partial charge in [0.2, 0.25) is 5.91 Å². The van der Waals surface area contributed by atoms with Gasteiger partial charge in [-0.1, -0.05) is 0 Å². The predicted octanol–water partition coefficient (Wildman–Crippen LogP) is 1.55. The highest BCUT2D eigenvalue weighted by Gasteiger charge is 2.39. The van der Waals surface area contributed by atoms with E-state index in [-0.39, 0.29) is 11.8 Å². The van der Waals surface area contributed by atoms with Crippen molar-refractivity contribution in [3.05, 3.63) is 18.6 Å². The first kappa shape index (κ1) is 15.0. The number of piperidine rings is 1. The van der Waals surface area contributed by atoms with Gasteiger partial charge in [-0.05, 0) is 37.5 Å². The molecule has 6 nitrogen and oxygen atoms in total. The summed E-state index contributed by atoms with van der Waals surface area (Å²) in [7, 11) is 0. The number of nitrogens with one attached hydrogen (secondary N) is 1. The molecule has 4 rings (SSSR count). The Kier molecular flexibility index (Phi) is 4.27. The molecule has 3 atom stereocenters. The van der Waals surface area contributed by atoms with Crippen LogP contribution in [0.3, 0.4) is 0 Å². The Morgan fingerprint density at radius 3 is 3.04 bits per heavy atom. The number of hydrogen-bond donors (Lipinski definition) is 1. The zero-order valence-electron chi connectivity index (χ0n) is 13.4. The Labute approximate surface area is 136 Å². The van der Waals surface area contributed by atoms with E-state index in [9.17, 15) is 4.79 Å². The molecule has 3 aliphatic rings. The molecule has 2 saturated heterocycles. The molecule has 0 bridgehead atoms. The molecular formula is C17H24N4O2. The fraction of sp³-hybridized carbons (Fsp3) is 0.706. The van der Waals surface area contributed by atoms with Crippen molar-refractivity contribution in [3.8, 4) is 0 Å². The summed E-state index contributed by atoms with van der Waals surface area (Å²) >= 11 is 0. The van der Waals surface area contributed by atoms with E-state index in [1.54, 1.807) is 18.6 Å². The van der Waals surface area contributed by atoms with Crippen LogP contribution >= 0.6 is 0 Å². The van der Waals surface area contributed by atoms with Crippen molar-refractivity contribution >= 4 is 11.7 Å². The highest BCUT2D eigenvalue weighted by molar-refractivity contribution is 5.91. The number of nitrogens with zero attached hydrogens (tertiary/aromatic N) is 3. The summed E-state index contributed by atoms with van der Waals surface area (Å²) in [5, 5.41) is 2.85. The molecule has 1 aromatic heterocycles. The average Bonchev–Trinajstić information content (AvgIpc) is 3.39. The number of carbonyl (C=O) groups is 1. The second kappa shape index (κ2) is 6.53. The molecule has 2 aliphatic heterocycles. The normalized spacial score (nSPS) is 31.4. The lowest BCUT2D eigenvalue weighted by Gasteiger charge is -2.43. The fourth-order valence-corrected chi connectivity index (χ4v) is 3.81. The number of fused-ring (bicyclic) bond motifs is 1. The van der Waals surface area contributed by atoms with Gasteiger partial charge >= 0.3 is 0 Å². The monoisotopic (exact) mass is 316 g/mol. The summed E-state index contributed by atoms with van der Waals surface area (Å²) in [5.41, 5.74) is 0. The molecule has 1 aromatic rings. The van der Waals surface area contributed by atoms with Crippen molar-refractivity contribution in [3.63, 3.8) is 0 Å². The lowest BCUT2D eigenvalue weighted by atomic mass is 9.83. The van der Waals surface area contributed by atoms with Gasteiger partial charge in [-0.25, -0.2) is 4.98 Å². The second-order valence-corrected chi connectivity index (χ2v) is 7.14. The first-order chi connectivity index (χ1) is 11.3. The van der Waals surface area contributed by atoms with Gasteiger partial charge in [0.1, 0.15) is 0 Å². The van der Waals surface area contributed by atoms with Gasteiger partial charge in [-0.3, -0.25) is 9.78 Å². The SMILES string of the molecule is O=C(Nc1cnccn1)[C@@H]1CO[C@@H]2CCN(CC3CC3)C[C@@H]2C1. The summed E-state index contributed by atoms with van der Waals surface area (Å²) < 4.78 is 6.00. The first-order valence-corrected chi connectivity index (χ1v) is 8.69. The smallest absolute Gasteiger partial charge is 0.231 e. The molecule has 0 unspecified atom stereocenters. The molecule has 0 spiro atoms. The van der Waals surface area contributed by atoms with Crippen LogP contribution in [0.5, 0.6) is 0 Å². The zero-order valence-corrected chi connectivity index (χ0v) is 13.4. The van der Waals surface area contributed by atoms with E-state index >= 15 is 0 Å². The highest BCUT2D eigenvalue weighted by atomic mass is 16.5. The minimum absolute atomic E-state index is 0.00302. The summed E-state index contributed by atoms with van der Waals surface area (Å²) in [6.45, 7) is 3.99. The van der Waals surface area contributed by atoms with E-state index in [4.69, 9.17) is 4.74 Å². The topological polar surface area (TPSA) is 67.3 Å². The lowest BCUT2D eigenvalue weighted by Crippen LogP contribution is -2.50. The number of aromatic nitrogens is 2. The quantitative estimate of drug-likeness (QED) is 0.913. The molecule has 3 fully saturated rings. The highest BCUT2D eigenvalue weighted by Crippen LogP contribution is 2.35. The molecule has 0 radical (unpaired) electrons. The summed E-state index contributed by atoms with van der Waals surface area (Å²) in [6, 6.07) is 0. The van der Waals surface area contributed by atoms with Crippen LogP contribution in [0.15, 0.2) is 18.6 Å². The van der Waals surface area contributed by atoms with E-state index in [1.807, 2.05) is 0 Å². The van der Waals surface area contributed by atoms with Gasteiger partial charge in [0.25, 0.3) is 0 Å². The number of likely N-dealkylation sites (tertiary alicyclic amines) is 1. The van der Waals surface area contributed by atoms with Crippen LogP contribution in [0.4, 0.5) is 5.82 Å². The van der Waals surface area contributed by atoms with Gasteiger partial charge in [0, 0.05) is 32.0 Å². The number of ether oxygens (including phenoxy) is 1. The lowest BCUT2D eigenvalue weighted by molar-refractivity contribution is -0.134. The number of hydrogen-bond acceptors (Lipinski definition) is 5. The third-order valence-corrected chi connectivity index (χ3v) is 5.25. The van der Waals surface area contributed by atoms with Crippen molar-refractivity contribution < 1.29 is 9.53 Å². The molecule has 0 aromatic carbocycles. The van der Waals surface area contributed by atoms with Gasteiger partial charge in [-0.15, -0.1) is 0 Å². The van der Waals surface area contributed by atoms with Gasteiger partial charge in [0.05, 0.1) is 24.8 Å². The molecule has 1 aliphatic carbocycles. The van der Waals surface area contributed by atoms with Crippen LogP contribution < -0.4 is 5.32 Å². The van der Waals surface area contributed by atoms with Gasteiger partial charge in [-0.2, -0.15) is 0 Å². The van der Waals surface area contributed by atoms with Crippen LogP contribution in [-0.2, 0) is 9.53 Å². The molecule has 1 N–H and O–H groups in total. The summed E-state index contributed by atoms with van der Waals surface area (Å²) in [5.74, 6) is 1.83. The van der Waals surface area contributed by atoms with Crippen molar-refractivity contribution in [2.75, 3.05) is 31.6 Å². The van der Waals surface area contributed by atoms with E-state index in [2.05, 4.69) is 20.2 Å². The van der Waals surface area contributed by atoms with Crippen LogP contribution in [0.2, 0.25) is 0 Å². The van der Waals surface area contributed by atoms with E-state index in [1.165, 1.54) is 19.4 Å². The number of rotatable bonds is 4. The maximum Gasteiger partial charge on any atom is 0.231 e. The van der Waals surface area contributed by atoms with Crippen molar-refractivity contribution in [1.29, 1.82) is 0 Å². The maximum absolute atomic E-state index is 12.4. The van der Waals surface area contributed by atoms with Gasteiger partial charge in [0.15, 0.2) is 5.82 Å². The van der Waals surface area contributed by atoms with Crippen LogP contribution in [0.25, 0.3) is 0 Å². The van der Waals surface area contributed by atoms with E-state index < -0.39 is 0 Å². The number of carbonyl (C=O) groups excluding carboxylic acids is 1. The van der Waals surface area contributed by atoms with Crippen molar-refractivity contribution in [2.45, 2.75) is 31.8 Å². The Hall–Kier alpha value is -1.53. The molecule has 1 amide bonds. The maximum atomic E-state index is 12.4. The third kappa shape index (κ3) is 3.70. The Morgan fingerprint density at radius 2 is 2.26 bits per heavy atom. The van der Waals surface area contributed by atoms with E-state index in [0.717, 1.165) is 31.8 Å². The molecular weight excluding hydrogens is 292 g/mol. The number of amides is 1. The predicted molar refractivity (Wildman–Crippen MR) is 85.8 cm³/mol. The molecule has 3 heterocycles. The van der Waals surface area contributed by atoms with Crippen LogP contribution in [0, 0.1) is 17.8 Å².